The Bertz CT molecular complexity index is 335. The zero-order chi connectivity index (χ0) is 12.0. The van der Waals surface area contributed by atoms with E-state index in [0.717, 1.165) is 31.1 Å². The Hall–Kier alpha value is -0.980. The molecular formula is C10H18N4OS. The first-order valence-corrected chi connectivity index (χ1v) is 6.26. The Morgan fingerprint density at radius 1 is 1.56 bits per heavy atom. The summed E-state index contributed by atoms with van der Waals surface area (Å²) >= 11 is 1.50. The van der Waals surface area contributed by atoms with Gasteiger partial charge < -0.3 is 4.90 Å². The van der Waals surface area contributed by atoms with Crippen molar-refractivity contribution in [2.24, 2.45) is 5.84 Å². The average molecular weight is 242 g/mol. The Morgan fingerprint density at radius 2 is 2.25 bits per heavy atom. The van der Waals surface area contributed by atoms with Crippen LogP contribution >= 0.6 is 11.3 Å². The highest BCUT2D eigenvalue weighted by Crippen LogP contribution is 2.10. The number of likely N-dealkylation sites (N-methyl/N-ethyl adjacent to an activating group) is 1. The van der Waals surface area contributed by atoms with Crippen LogP contribution in [-0.2, 0) is 6.42 Å². The number of rotatable bonds is 6. The number of nitrogens with zero attached hydrogens (tertiary/aromatic N) is 2. The predicted molar refractivity (Wildman–Crippen MR) is 65.3 cm³/mol. The zero-order valence-corrected chi connectivity index (χ0v) is 10.5. The van der Waals surface area contributed by atoms with Gasteiger partial charge in [0.25, 0.3) is 5.91 Å². The van der Waals surface area contributed by atoms with Crippen molar-refractivity contribution in [3.05, 3.63) is 16.1 Å². The number of carbonyl (C=O) groups is 1. The van der Waals surface area contributed by atoms with E-state index in [-0.39, 0.29) is 5.91 Å². The third kappa shape index (κ3) is 3.55. The van der Waals surface area contributed by atoms with Crippen molar-refractivity contribution in [1.29, 1.82) is 0 Å². The molecule has 0 aliphatic carbocycles. The number of thiazole rings is 1. The van der Waals surface area contributed by atoms with Crippen LogP contribution in [-0.4, -0.2) is 35.4 Å². The molecule has 1 rings (SSSR count). The van der Waals surface area contributed by atoms with Gasteiger partial charge in [0, 0.05) is 18.3 Å². The van der Waals surface area contributed by atoms with Gasteiger partial charge in [0.05, 0.1) is 5.01 Å². The summed E-state index contributed by atoms with van der Waals surface area (Å²) in [4.78, 5) is 17.7. The minimum Gasteiger partial charge on any atom is -0.303 e. The summed E-state index contributed by atoms with van der Waals surface area (Å²) in [5, 5.41) is 2.71. The molecule has 0 radical (unpaired) electrons. The van der Waals surface area contributed by atoms with Gasteiger partial charge in [-0.05, 0) is 13.1 Å². The normalized spacial score (nSPS) is 10.8. The number of hydrogen-bond donors (Lipinski definition) is 2. The summed E-state index contributed by atoms with van der Waals surface area (Å²) in [6, 6.07) is 0. The van der Waals surface area contributed by atoms with Gasteiger partial charge >= 0.3 is 0 Å². The first kappa shape index (κ1) is 13.1. The number of hydrazine groups is 1. The van der Waals surface area contributed by atoms with E-state index in [0.29, 0.717) is 5.69 Å². The van der Waals surface area contributed by atoms with Crippen molar-refractivity contribution >= 4 is 17.2 Å². The average Bonchev–Trinajstić information content (AvgIpc) is 2.78. The Kier molecular flexibility index (Phi) is 5.37. The largest absolute Gasteiger partial charge is 0.303 e. The van der Waals surface area contributed by atoms with Gasteiger partial charge in [-0.1, -0.05) is 13.8 Å². The lowest BCUT2D eigenvalue weighted by molar-refractivity contribution is 0.0949. The molecule has 0 fully saturated rings. The summed E-state index contributed by atoms with van der Waals surface area (Å²) in [6.07, 6.45) is 0.879. The summed E-state index contributed by atoms with van der Waals surface area (Å²) in [5.41, 5.74) is 2.48. The summed E-state index contributed by atoms with van der Waals surface area (Å²) in [6.45, 7) is 7.33. The van der Waals surface area contributed by atoms with Gasteiger partial charge in [-0.25, -0.2) is 10.8 Å². The third-order valence-electron chi connectivity index (χ3n) is 2.45. The van der Waals surface area contributed by atoms with E-state index < -0.39 is 0 Å². The third-order valence-corrected chi connectivity index (χ3v) is 3.36. The van der Waals surface area contributed by atoms with Gasteiger partial charge in [-0.3, -0.25) is 10.2 Å². The molecule has 0 atom stereocenters. The Balaban J connectivity index is 2.49. The van der Waals surface area contributed by atoms with Crippen LogP contribution in [0.1, 0.15) is 29.3 Å². The molecule has 6 heteroatoms. The van der Waals surface area contributed by atoms with Gasteiger partial charge in [-0.2, -0.15) is 0 Å². The SMILES string of the molecule is CCN(CC)CCc1nc(C(=O)NN)cs1. The maximum atomic E-state index is 11.2. The number of nitrogens with one attached hydrogen (secondary N) is 1. The summed E-state index contributed by atoms with van der Waals surface area (Å²) in [5.74, 6) is 4.71. The predicted octanol–water partition coefficient (Wildman–Crippen LogP) is 0.631. The van der Waals surface area contributed by atoms with Crippen LogP contribution in [0, 0.1) is 0 Å². The second-order valence-electron chi connectivity index (χ2n) is 3.38. The molecule has 5 nitrogen and oxygen atoms in total. The molecule has 0 spiro atoms. The van der Waals surface area contributed by atoms with Crippen LogP contribution in [0.2, 0.25) is 0 Å². The van der Waals surface area contributed by atoms with Gasteiger partial charge in [-0.15, -0.1) is 11.3 Å². The molecule has 0 saturated carbocycles. The monoisotopic (exact) mass is 242 g/mol. The second-order valence-corrected chi connectivity index (χ2v) is 4.32. The maximum absolute atomic E-state index is 11.2. The maximum Gasteiger partial charge on any atom is 0.284 e. The van der Waals surface area contributed by atoms with Crippen LogP contribution in [0.25, 0.3) is 0 Å². The first-order valence-electron chi connectivity index (χ1n) is 5.38. The molecule has 16 heavy (non-hydrogen) atoms. The molecule has 1 aromatic rings. The van der Waals surface area contributed by atoms with Gasteiger partial charge in [0.15, 0.2) is 0 Å². The molecule has 0 aliphatic heterocycles. The lowest BCUT2D eigenvalue weighted by Crippen LogP contribution is -2.30. The smallest absolute Gasteiger partial charge is 0.284 e. The highest BCUT2D eigenvalue weighted by Gasteiger charge is 2.09. The van der Waals surface area contributed by atoms with Crippen molar-refractivity contribution in [3.8, 4) is 0 Å². The van der Waals surface area contributed by atoms with Crippen LogP contribution < -0.4 is 11.3 Å². The van der Waals surface area contributed by atoms with Crippen LogP contribution in [0.3, 0.4) is 0 Å². The van der Waals surface area contributed by atoms with E-state index in [9.17, 15) is 4.79 Å². The molecule has 1 heterocycles. The summed E-state index contributed by atoms with van der Waals surface area (Å²) < 4.78 is 0. The van der Waals surface area contributed by atoms with Crippen LogP contribution in [0.5, 0.6) is 0 Å². The zero-order valence-electron chi connectivity index (χ0n) is 9.69. The molecule has 3 N–H and O–H groups in total. The van der Waals surface area contributed by atoms with Crippen molar-refractivity contribution in [1.82, 2.24) is 15.3 Å². The van der Waals surface area contributed by atoms with Gasteiger partial charge in [0.2, 0.25) is 0 Å². The van der Waals surface area contributed by atoms with Crippen LogP contribution in [0.4, 0.5) is 0 Å². The van der Waals surface area contributed by atoms with Crippen molar-refractivity contribution in [2.45, 2.75) is 20.3 Å². The molecule has 0 aliphatic rings. The van der Waals surface area contributed by atoms with Crippen molar-refractivity contribution < 1.29 is 4.79 Å². The molecule has 0 unspecified atom stereocenters. The standard InChI is InChI=1S/C10H18N4OS/c1-3-14(4-2)6-5-9-12-8(7-16-9)10(15)13-11/h7H,3-6,11H2,1-2H3,(H,13,15). The fraction of sp³-hybridized carbons (Fsp3) is 0.600. The Labute approximate surface area is 99.6 Å². The van der Waals surface area contributed by atoms with Crippen molar-refractivity contribution in [3.63, 3.8) is 0 Å². The fourth-order valence-corrected chi connectivity index (χ4v) is 2.17. The first-order chi connectivity index (χ1) is 7.71. The van der Waals surface area contributed by atoms with E-state index in [1.807, 2.05) is 0 Å². The lowest BCUT2D eigenvalue weighted by Gasteiger charge is -2.16. The van der Waals surface area contributed by atoms with Crippen molar-refractivity contribution in [2.75, 3.05) is 19.6 Å². The molecule has 0 saturated heterocycles. The van der Waals surface area contributed by atoms with Crippen LogP contribution in [0.15, 0.2) is 5.38 Å². The molecular weight excluding hydrogens is 224 g/mol. The minimum atomic E-state index is -0.328. The molecule has 0 bridgehead atoms. The molecule has 0 aromatic carbocycles. The molecule has 1 amide bonds. The van der Waals surface area contributed by atoms with E-state index in [1.54, 1.807) is 5.38 Å². The summed E-state index contributed by atoms with van der Waals surface area (Å²) in [7, 11) is 0. The quantitative estimate of drug-likeness (QED) is 0.436. The lowest BCUT2D eigenvalue weighted by atomic mass is 10.4. The molecule has 90 valence electrons. The minimum absolute atomic E-state index is 0.328. The van der Waals surface area contributed by atoms with E-state index in [1.165, 1.54) is 11.3 Å². The van der Waals surface area contributed by atoms with E-state index in [2.05, 4.69) is 29.2 Å². The molecule has 1 aromatic heterocycles. The highest BCUT2D eigenvalue weighted by atomic mass is 32.1. The van der Waals surface area contributed by atoms with E-state index >= 15 is 0 Å². The fourth-order valence-electron chi connectivity index (χ4n) is 1.40. The number of aromatic nitrogens is 1. The number of nitrogens with two attached hydrogens (primary N) is 1. The number of amides is 1. The number of nitrogen functional groups attached to an aromatic ring is 1. The Morgan fingerprint density at radius 3 is 2.81 bits per heavy atom. The highest BCUT2D eigenvalue weighted by molar-refractivity contribution is 7.09. The van der Waals surface area contributed by atoms with Gasteiger partial charge in [0.1, 0.15) is 5.69 Å². The number of carbonyl (C=O) groups excluding carboxylic acids is 1. The van der Waals surface area contributed by atoms with E-state index in [4.69, 9.17) is 5.84 Å². The number of hydrogen-bond acceptors (Lipinski definition) is 5. The topological polar surface area (TPSA) is 71.2 Å². The second kappa shape index (κ2) is 6.57.